The lowest BCUT2D eigenvalue weighted by Gasteiger charge is -2.44. The molecule has 0 aliphatic carbocycles. The average Bonchev–Trinajstić information content (AvgIpc) is 2.62. The number of hydrogen-bond acceptors (Lipinski definition) is 6. The zero-order valence-corrected chi connectivity index (χ0v) is 25.9. The maximum atomic E-state index is 13.2. The van der Waals surface area contributed by atoms with Crippen molar-refractivity contribution in [2.24, 2.45) is 0 Å². The Morgan fingerprint density at radius 3 is 2.15 bits per heavy atom. The van der Waals surface area contributed by atoms with Crippen molar-refractivity contribution in [3.63, 3.8) is 0 Å². The summed E-state index contributed by atoms with van der Waals surface area (Å²) in [6, 6.07) is -0.389. The van der Waals surface area contributed by atoms with Crippen molar-refractivity contribution in [1.82, 2.24) is 14.7 Å². The molecule has 7 nitrogen and oxygen atoms in total. The van der Waals surface area contributed by atoms with Crippen LogP contribution in [-0.4, -0.2) is 54.6 Å². The van der Waals surface area contributed by atoms with Gasteiger partial charge in [0.2, 0.25) is 15.0 Å². The van der Waals surface area contributed by atoms with Gasteiger partial charge in [0.05, 0.1) is 15.7 Å². The lowest BCUT2D eigenvalue weighted by atomic mass is 9.76. The van der Waals surface area contributed by atoms with Crippen LogP contribution in [0.4, 0.5) is 0 Å². The molecule has 34 heavy (non-hydrogen) atoms. The summed E-state index contributed by atoms with van der Waals surface area (Å²) in [5.41, 5.74) is 0.597. The highest BCUT2D eigenvalue weighted by Crippen LogP contribution is 2.41. The predicted octanol–water partition coefficient (Wildman–Crippen LogP) is 5.20. The maximum absolute atomic E-state index is 13.2. The Bertz CT molecular complexity index is 1030. The number of aromatic nitrogens is 2. The van der Waals surface area contributed by atoms with Crippen LogP contribution in [0.3, 0.4) is 0 Å². The van der Waals surface area contributed by atoms with Crippen molar-refractivity contribution in [2.45, 2.75) is 101 Å². The molecule has 0 spiro atoms. The van der Waals surface area contributed by atoms with Crippen LogP contribution in [0.15, 0.2) is 23.5 Å². The van der Waals surface area contributed by atoms with Gasteiger partial charge in [-0.05, 0) is 52.2 Å². The monoisotopic (exact) mass is 551 g/mol. The summed E-state index contributed by atoms with van der Waals surface area (Å²) in [5.74, 6) is 0. The second-order valence-electron chi connectivity index (χ2n) is 11.8. The van der Waals surface area contributed by atoms with Gasteiger partial charge in [-0.15, -0.1) is 6.58 Å². The molecule has 0 amide bonds. The van der Waals surface area contributed by atoms with Gasteiger partial charge < -0.3 is 4.43 Å². The molecule has 0 aromatic carbocycles. The van der Waals surface area contributed by atoms with E-state index in [4.69, 9.17) is 16.0 Å². The van der Waals surface area contributed by atoms with Crippen LogP contribution in [0.5, 0.6) is 0 Å². The second kappa shape index (κ2) is 10.8. The topological polar surface area (TPSA) is 98.2 Å². The van der Waals surface area contributed by atoms with Gasteiger partial charge in [0.25, 0.3) is 0 Å². The Morgan fingerprint density at radius 2 is 1.76 bits per heavy atom. The standard InChI is InChI=1S/C23H42ClN3O4S2Si/c1-16(2)13-18(27-32(28)21(3,4)5)23(9,15-31-34(11,12)22(6,7)8)17-14-25-20(26-19(17)24)33(10,29)30/h14,18,27H,1,13,15H2,2-12H3/t18-,23-,32+/m1/s1. The summed E-state index contributed by atoms with van der Waals surface area (Å²) in [4.78, 5) is 8.19. The molecule has 0 unspecified atom stereocenters. The number of nitrogens with one attached hydrogen (secondary N) is 1. The van der Waals surface area contributed by atoms with Gasteiger partial charge in [-0.25, -0.2) is 27.3 Å². The van der Waals surface area contributed by atoms with E-state index in [0.717, 1.165) is 11.8 Å². The molecule has 0 aliphatic rings. The molecule has 0 radical (unpaired) electrons. The third kappa shape index (κ3) is 7.93. The molecule has 0 fully saturated rings. The molecule has 0 bridgehead atoms. The summed E-state index contributed by atoms with van der Waals surface area (Å²) >= 11 is 6.58. The summed E-state index contributed by atoms with van der Waals surface area (Å²) in [7, 11) is -7.19. The van der Waals surface area contributed by atoms with Crippen LogP contribution < -0.4 is 4.72 Å². The van der Waals surface area contributed by atoms with E-state index in [1.165, 1.54) is 6.20 Å². The van der Waals surface area contributed by atoms with Crippen molar-refractivity contribution in [3.8, 4) is 0 Å². The van der Waals surface area contributed by atoms with Crippen molar-refractivity contribution < 1.29 is 17.1 Å². The van der Waals surface area contributed by atoms with E-state index in [2.05, 4.69) is 55.1 Å². The minimum Gasteiger partial charge on any atom is -0.416 e. The molecule has 1 rings (SSSR count). The van der Waals surface area contributed by atoms with Crippen LogP contribution in [0, 0.1) is 0 Å². The predicted molar refractivity (Wildman–Crippen MR) is 145 cm³/mol. The normalized spacial score (nSPS) is 17.2. The van der Waals surface area contributed by atoms with Crippen LogP contribution in [0.2, 0.25) is 23.3 Å². The third-order valence-electron chi connectivity index (χ3n) is 6.33. The minimum absolute atomic E-state index is 0.0279. The van der Waals surface area contributed by atoms with Gasteiger partial charge >= 0.3 is 0 Å². The van der Waals surface area contributed by atoms with Crippen molar-refractivity contribution in [2.75, 3.05) is 12.9 Å². The van der Waals surface area contributed by atoms with E-state index >= 15 is 0 Å². The molecule has 0 saturated carbocycles. The average molecular weight is 552 g/mol. The number of rotatable bonds is 10. The Morgan fingerprint density at radius 1 is 1.24 bits per heavy atom. The number of halogens is 1. The largest absolute Gasteiger partial charge is 0.416 e. The van der Waals surface area contributed by atoms with E-state index in [-0.39, 0.29) is 28.0 Å². The Labute approximate surface area is 215 Å². The number of hydrogen-bond donors (Lipinski definition) is 1. The molecule has 1 heterocycles. The van der Waals surface area contributed by atoms with Crippen LogP contribution in [0.1, 0.15) is 67.4 Å². The van der Waals surface area contributed by atoms with Crippen molar-refractivity contribution in [1.29, 1.82) is 0 Å². The first-order valence-electron chi connectivity index (χ1n) is 11.2. The molecule has 1 aromatic rings. The van der Waals surface area contributed by atoms with Gasteiger partial charge in [0.1, 0.15) is 5.15 Å². The highest BCUT2D eigenvalue weighted by Gasteiger charge is 2.45. The molecular weight excluding hydrogens is 510 g/mol. The van der Waals surface area contributed by atoms with Gasteiger partial charge in [0.15, 0.2) is 8.32 Å². The van der Waals surface area contributed by atoms with Crippen LogP contribution in [0.25, 0.3) is 0 Å². The quantitative estimate of drug-likeness (QED) is 0.186. The molecular formula is C23H42ClN3O4S2Si. The smallest absolute Gasteiger partial charge is 0.248 e. The maximum Gasteiger partial charge on any atom is 0.248 e. The first kappa shape index (κ1) is 31.4. The van der Waals surface area contributed by atoms with Crippen LogP contribution in [-0.2, 0) is 30.7 Å². The molecule has 1 N–H and O–H groups in total. The fourth-order valence-electron chi connectivity index (χ4n) is 2.87. The first-order chi connectivity index (χ1) is 15.0. The van der Waals surface area contributed by atoms with E-state index < -0.39 is 39.3 Å². The summed E-state index contributed by atoms with van der Waals surface area (Å²) in [5, 5.41) is -0.330. The third-order valence-corrected chi connectivity index (χ3v) is 13.6. The Balaban J connectivity index is 3.71. The van der Waals surface area contributed by atoms with Gasteiger partial charge in [0, 0.05) is 36.1 Å². The highest BCUT2D eigenvalue weighted by atomic mass is 35.5. The summed E-state index contributed by atoms with van der Waals surface area (Å²) < 4.78 is 46.5. The Hall–Kier alpha value is -0.653. The fraction of sp³-hybridized carbons (Fsp3) is 0.739. The lowest BCUT2D eigenvalue weighted by molar-refractivity contribution is 0.177. The van der Waals surface area contributed by atoms with Gasteiger partial charge in [-0.1, -0.05) is 44.9 Å². The van der Waals surface area contributed by atoms with Crippen LogP contribution >= 0.6 is 11.6 Å². The zero-order chi connectivity index (χ0) is 26.9. The molecule has 1 aromatic heterocycles. The van der Waals surface area contributed by atoms with Gasteiger partial charge in [-0.3, -0.25) is 0 Å². The molecule has 0 aliphatic heterocycles. The van der Waals surface area contributed by atoms with Crippen molar-refractivity contribution in [3.05, 3.63) is 29.1 Å². The number of sulfone groups is 1. The second-order valence-corrected chi connectivity index (χ2v) is 20.9. The molecule has 11 heteroatoms. The van der Waals surface area contributed by atoms with E-state index in [1.54, 1.807) is 0 Å². The SMILES string of the molecule is C=C(C)C[C@@H](N[S@@](=O)C(C)(C)C)[C@](C)(CO[Si](C)(C)C(C)(C)C)c1cnc(S(C)(=O)=O)nc1Cl. The number of nitrogens with zero attached hydrogens (tertiary/aromatic N) is 2. The molecule has 3 atom stereocenters. The fourth-order valence-corrected chi connectivity index (χ4v) is 5.82. The minimum atomic E-state index is -3.63. The van der Waals surface area contributed by atoms with E-state index in [1.807, 2.05) is 34.6 Å². The highest BCUT2D eigenvalue weighted by molar-refractivity contribution is 7.90. The Kier molecular flexibility index (Phi) is 9.93. The van der Waals surface area contributed by atoms with Crippen molar-refractivity contribution >= 4 is 40.7 Å². The van der Waals surface area contributed by atoms with E-state index in [9.17, 15) is 12.6 Å². The first-order valence-corrected chi connectivity index (χ1v) is 17.5. The van der Waals surface area contributed by atoms with Gasteiger partial charge in [-0.2, -0.15) is 0 Å². The summed E-state index contributed by atoms with van der Waals surface area (Å²) in [6.45, 7) is 24.7. The lowest BCUT2D eigenvalue weighted by Crippen LogP contribution is -2.55. The molecule has 196 valence electrons. The zero-order valence-electron chi connectivity index (χ0n) is 22.5. The summed E-state index contributed by atoms with van der Waals surface area (Å²) in [6.07, 6.45) is 2.99. The molecule has 0 saturated heterocycles. The van der Waals surface area contributed by atoms with E-state index in [0.29, 0.717) is 12.0 Å².